The summed E-state index contributed by atoms with van der Waals surface area (Å²) >= 11 is 0. The Morgan fingerprint density at radius 2 is 2.15 bits per heavy atom. The molecule has 0 saturated carbocycles. The van der Waals surface area contributed by atoms with E-state index in [1.807, 2.05) is 0 Å². The number of likely N-dealkylation sites (tertiary alicyclic amines) is 1. The van der Waals surface area contributed by atoms with Crippen LogP contribution in [0.1, 0.15) is 52.4 Å². The molecule has 13 heavy (non-hydrogen) atoms. The topological polar surface area (TPSA) is 20.3 Å². The predicted molar refractivity (Wildman–Crippen MR) is 54.6 cm³/mol. The van der Waals surface area contributed by atoms with Crippen LogP contribution in [-0.4, -0.2) is 23.4 Å². The maximum Gasteiger partial charge on any atom is 0.222 e. The monoisotopic (exact) mass is 183 g/mol. The minimum Gasteiger partial charge on any atom is -0.340 e. The molecule has 0 aromatic carbocycles. The van der Waals surface area contributed by atoms with E-state index in [2.05, 4.69) is 18.7 Å². The molecule has 1 saturated heterocycles. The zero-order valence-electron chi connectivity index (χ0n) is 8.88. The SMILES string of the molecule is CCCC(=O)N1CCCC[C@@H]1CC. The van der Waals surface area contributed by atoms with Gasteiger partial charge in [-0.05, 0) is 32.1 Å². The van der Waals surface area contributed by atoms with Gasteiger partial charge in [0, 0.05) is 19.0 Å². The van der Waals surface area contributed by atoms with Crippen molar-refractivity contribution in [3.63, 3.8) is 0 Å². The van der Waals surface area contributed by atoms with Gasteiger partial charge in [0.2, 0.25) is 5.91 Å². The van der Waals surface area contributed by atoms with Crippen LogP contribution in [0.25, 0.3) is 0 Å². The summed E-state index contributed by atoms with van der Waals surface area (Å²) < 4.78 is 0. The first kappa shape index (κ1) is 10.6. The summed E-state index contributed by atoms with van der Waals surface area (Å²) in [5.41, 5.74) is 0. The van der Waals surface area contributed by atoms with Gasteiger partial charge in [0.05, 0.1) is 0 Å². The Hall–Kier alpha value is -0.530. The van der Waals surface area contributed by atoms with Crippen molar-refractivity contribution >= 4 is 5.91 Å². The second-order valence-electron chi connectivity index (χ2n) is 3.89. The quantitative estimate of drug-likeness (QED) is 0.658. The summed E-state index contributed by atoms with van der Waals surface area (Å²) in [5.74, 6) is 0.369. The molecular weight excluding hydrogens is 162 g/mol. The number of piperidine rings is 1. The molecule has 0 aromatic rings. The molecule has 0 aliphatic carbocycles. The van der Waals surface area contributed by atoms with Crippen molar-refractivity contribution < 1.29 is 4.79 Å². The van der Waals surface area contributed by atoms with Crippen molar-refractivity contribution in [2.45, 2.75) is 58.4 Å². The first-order chi connectivity index (χ1) is 6.29. The Labute approximate surface area is 81.3 Å². The zero-order chi connectivity index (χ0) is 9.68. The van der Waals surface area contributed by atoms with Gasteiger partial charge in [-0.1, -0.05) is 13.8 Å². The number of hydrogen-bond donors (Lipinski definition) is 0. The van der Waals surface area contributed by atoms with Gasteiger partial charge >= 0.3 is 0 Å². The molecule has 0 aromatic heterocycles. The van der Waals surface area contributed by atoms with E-state index in [1.165, 1.54) is 19.3 Å². The average Bonchev–Trinajstić information content (AvgIpc) is 2.18. The summed E-state index contributed by atoms with van der Waals surface area (Å²) in [6.07, 6.45) is 6.55. The second kappa shape index (κ2) is 5.25. The van der Waals surface area contributed by atoms with Crippen LogP contribution in [0.5, 0.6) is 0 Å². The predicted octanol–water partition coefficient (Wildman–Crippen LogP) is 2.58. The second-order valence-corrected chi connectivity index (χ2v) is 3.89. The standard InChI is InChI=1S/C11H21NO/c1-3-7-11(13)12-9-6-5-8-10(12)4-2/h10H,3-9H2,1-2H3/t10-/m0/s1. The summed E-state index contributed by atoms with van der Waals surface area (Å²) in [5, 5.41) is 0. The molecular formula is C11H21NO. The third-order valence-corrected chi connectivity index (χ3v) is 2.88. The largest absolute Gasteiger partial charge is 0.340 e. The van der Waals surface area contributed by atoms with Crippen LogP contribution in [0.3, 0.4) is 0 Å². The number of carbonyl (C=O) groups excluding carboxylic acids is 1. The lowest BCUT2D eigenvalue weighted by atomic mass is 9.99. The van der Waals surface area contributed by atoms with E-state index in [1.54, 1.807) is 0 Å². The van der Waals surface area contributed by atoms with Gasteiger partial charge < -0.3 is 4.90 Å². The van der Waals surface area contributed by atoms with Gasteiger partial charge in [-0.25, -0.2) is 0 Å². The van der Waals surface area contributed by atoms with Crippen molar-refractivity contribution in [3.8, 4) is 0 Å². The minimum absolute atomic E-state index is 0.369. The van der Waals surface area contributed by atoms with Crippen LogP contribution < -0.4 is 0 Å². The van der Waals surface area contributed by atoms with Crippen molar-refractivity contribution in [2.24, 2.45) is 0 Å². The zero-order valence-corrected chi connectivity index (χ0v) is 8.88. The molecule has 1 amide bonds. The number of nitrogens with zero attached hydrogens (tertiary/aromatic N) is 1. The fourth-order valence-electron chi connectivity index (χ4n) is 2.11. The maximum absolute atomic E-state index is 11.7. The van der Waals surface area contributed by atoms with Crippen LogP contribution in [0, 0.1) is 0 Å². The molecule has 1 atom stereocenters. The number of rotatable bonds is 3. The normalized spacial score (nSPS) is 23.2. The van der Waals surface area contributed by atoms with Crippen molar-refractivity contribution in [3.05, 3.63) is 0 Å². The fourth-order valence-corrected chi connectivity index (χ4v) is 2.11. The highest BCUT2D eigenvalue weighted by molar-refractivity contribution is 5.76. The number of carbonyl (C=O) groups is 1. The van der Waals surface area contributed by atoms with Crippen LogP contribution in [0.15, 0.2) is 0 Å². The molecule has 1 aliphatic heterocycles. The van der Waals surface area contributed by atoms with Gasteiger partial charge in [-0.15, -0.1) is 0 Å². The Kier molecular flexibility index (Phi) is 4.26. The lowest BCUT2D eigenvalue weighted by molar-refractivity contribution is -0.134. The van der Waals surface area contributed by atoms with Crippen molar-refractivity contribution in [1.82, 2.24) is 4.90 Å². The molecule has 76 valence electrons. The van der Waals surface area contributed by atoms with Gasteiger partial charge in [0.15, 0.2) is 0 Å². The number of hydrogen-bond acceptors (Lipinski definition) is 1. The van der Waals surface area contributed by atoms with Crippen LogP contribution >= 0.6 is 0 Å². The molecule has 1 heterocycles. The van der Waals surface area contributed by atoms with Gasteiger partial charge in [-0.2, -0.15) is 0 Å². The van der Waals surface area contributed by atoms with E-state index in [4.69, 9.17) is 0 Å². The lowest BCUT2D eigenvalue weighted by Gasteiger charge is -2.35. The Morgan fingerprint density at radius 1 is 1.38 bits per heavy atom. The van der Waals surface area contributed by atoms with Gasteiger partial charge in [0.25, 0.3) is 0 Å². The summed E-state index contributed by atoms with van der Waals surface area (Å²) in [6, 6.07) is 0.535. The van der Waals surface area contributed by atoms with E-state index in [-0.39, 0.29) is 0 Å². The lowest BCUT2D eigenvalue weighted by Crippen LogP contribution is -2.43. The third kappa shape index (κ3) is 2.71. The summed E-state index contributed by atoms with van der Waals surface area (Å²) in [4.78, 5) is 13.8. The number of amides is 1. The highest BCUT2D eigenvalue weighted by Crippen LogP contribution is 2.20. The van der Waals surface area contributed by atoms with Crippen molar-refractivity contribution in [2.75, 3.05) is 6.54 Å². The average molecular weight is 183 g/mol. The van der Waals surface area contributed by atoms with Crippen LogP contribution in [0.2, 0.25) is 0 Å². The Bertz CT molecular complexity index is 167. The molecule has 2 heteroatoms. The maximum atomic E-state index is 11.7. The van der Waals surface area contributed by atoms with Crippen molar-refractivity contribution in [1.29, 1.82) is 0 Å². The summed E-state index contributed by atoms with van der Waals surface area (Å²) in [6.45, 7) is 5.25. The highest BCUT2D eigenvalue weighted by atomic mass is 16.2. The first-order valence-electron chi connectivity index (χ1n) is 5.59. The van der Waals surface area contributed by atoms with Crippen LogP contribution in [-0.2, 0) is 4.79 Å². The Balaban J connectivity index is 2.48. The molecule has 0 N–H and O–H groups in total. The first-order valence-corrected chi connectivity index (χ1v) is 5.59. The van der Waals surface area contributed by atoms with E-state index in [9.17, 15) is 4.79 Å². The smallest absolute Gasteiger partial charge is 0.222 e. The van der Waals surface area contributed by atoms with Crippen LogP contribution in [0.4, 0.5) is 0 Å². The summed E-state index contributed by atoms with van der Waals surface area (Å²) in [7, 11) is 0. The fraction of sp³-hybridized carbons (Fsp3) is 0.909. The van der Waals surface area contributed by atoms with Gasteiger partial charge in [0.1, 0.15) is 0 Å². The van der Waals surface area contributed by atoms with E-state index < -0.39 is 0 Å². The van der Waals surface area contributed by atoms with E-state index >= 15 is 0 Å². The molecule has 1 fully saturated rings. The molecule has 1 rings (SSSR count). The van der Waals surface area contributed by atoms with Gasteiger partial charge in [-0.3, -0.25) is 4.79 Å². The van der Waals surface area contributed by atoms with E-state index in [0.29, 0.717) is 11.9 Å². The molecule has 0 bridgehead atoms. The highest BCUT2D eigenvalue weighted by Gasteiger charge is 2.23. The molecule has 0 unspecified atom stereocenters. The molecule has 0 spiro atoms. The Morgan fingerprint density at radius 3 is 2.77 bits per heavy atom. The molecule has 0 radical (unpaired) electrons. The third-order valence-electron chi connectivity index (χ3n) is 2.88. The molecule has 2 nitrogen and oxygen atoms in total. The molecule has 1 aliphatic rings. The van der Waals surface area contributed by atoms with E-state index in [0.717, 1.165) is 25.8 Å². The minimum atomic E-state index is 0.369.